The Labute approximate surface area is 129 Å². The van der Waals surface area contributed by atoms with E-state index in [0.29, 0.717) is 10.7 Å². The Morgan fingerprint density at radius 1 is 1.33 bits per heavy atom. The number of aromatic nitrogens is 1. The zero-order valence-electron chi connectivity index (χ0n) is 11.9. The summed E-state index contributed by atoms with van der Waals surface area (Å²) in [5.74, 6) is -0.121. The van der Waals surface area contributed by atoms with Gasteiger partial charge in [-0.2, -0.15) is 0 Å². The minimum atomic E-state index is -0.462. The molecule has 0 aliphatic carbocycles. The number of rotatable bonds is 6. The van der Waals surface area contributed by atoms with Crippen LogP contribution in [0.2, 0.25) is 5.02 Å². The lowest BCUT2D eigenvalue weighted by Gasteiger charge is -2.07. The average Bonchev–Trinajstić information content (AvgIpc) is 2.90. The van der Waals surface area contributed by atoms with Crippen molar-refractivity contribution in [2.24, 2.45) is 0 Å². The zero-order valence-corrected chi connectivity index (χ0v) is 12.7. The maximum Gasteiger partial charge on any atom is 0.244 e. The fourth-order valence-electron chi connectivity index (χ4n) is 2.09. The van der Waals surface area contributed by atoms with E-state index in [0.717, 1.165) is 18.4 Å². The predicted molar refractivity (Wildman–Crippen MR) is 84.4 cm³/mol. The maximum atomic E-state index is 11.9. The molecular formula is C16H19ClN2O2. The summed E-state index contributed by atoms with van der Waals surface area (Å²) >= 11 is 5.80. The largest absolute Gasteiger partial charge is 0.388 e. The molecule has 0 aliphatic rings. The van der Waals surface area contributed by atoms with Crippen LogP contribution in [0.15, 0.2) is 42.7 Å². The summed E-state index contributed by atoms with van der Waals surface area (Å²) in [5.41, 5.74) is 1.55. The lowest BCUT2D eigenvalue weighted by atomic mass is 10.1. The lowest BCUT2D eigenvalue weighted by Crippen LogP contribution is -2.17. The summed E-state index contributed by atoms with van der Waals surface area (Å²) < 4.78 is 1.76. The number of aliphatic hydroxyl groups is 1. The van der Waals surface area contributed by atoms with Crippen molar-refractivity contribution in [1.29, 1.82) is 0 Å². The highest BCUT2D eigenvalue weighted by Crippen LogP contribution is 2.18. The highest BCUT2D eigenvalue weighted by molar-refractivity contribution is 6.30. The van der Waals surface area contributed by atoms with Crippen molar-refractivity contribution in [3.8, 4) is 0 Å². The number of carbonyl (C=O) groups excluding carboxylic acids is 1. The van der Waals surface area contributed by atoms with Crippen molar-refractivity contribution in [2.75, 3.05) is 5.32 Å². The van der Waals surface area contributed by atoms with Crippen LogP contribution in [-0.4, -0.2) is 15.6 Å². The van der Waals surface area contributed by atoms with E-state index >= 15 is 0 Å². The van der Waals surface area contributed by atoms with Gasteiger partial charge >= 0.3 is 0 Å². The summed E-state index contributed by atoms with van der Waals surface area (Å²) in [4.78, 5) is 11.9. The molecule has 2 rings (SSSR count). The maximum absolute atomic E-state index is 11.9. The quantitative estimate of drug-likeness (QED) is 0.856. The second kappa shape index (κ2) is 7.29. The van der Waals surface area contributed by atoms with E-state index in [1.165, 1.54) is 0 Å². The SMILES string of the molecule is CCCC(O)c1ccn(CC(=O)Nc2ccc(Cl)cc2)c1. The molecule has 1 atom stereocenters. The van der Waals surface area contributed by atoms with Gasteiger partial charge in [-0.1, -0.05) is 24.9 Å². The fourth-order valence-corrected chi connectivity index (χ4v) is 2.22. The third-order valence-corrected chi connectivity index (χ3v) is 3.43. The first-order chi connectivity index (χ1) is 10.1. The van der Waals surface area contributed by atoms with E-state index in [2.05, 4.69) is 5.32 Å². The van der Waals surface area contributed by atoms with Crippen molar-refractivity contribution < 1.29 is 9.90 Å². The van der Waals surface area contributed by atoms with Crippen LogP contribution in [0.25, 0.3) is 0 Å². The van der Waals surface area contributed by atoms with Gasteiger partial charge in [0.2, 0.25) is 5.91 Å². The van der Waals surface area contributed by atoms with E-state index in [1.807, 2.05) is 19.2 Å². The van der Waals surface area contributed by atoms with Gasteiger partial charge in [-0.3, -0.25) is 4.79 Å². The number of nitrogens with zero attached hydrogens (tertiary/aromatic N) is 1. The van der Waals surface area contributed by atoms with Gasteiger partial charge in [0.1, 0.15) is 6.54 Å². The molecule has 2 N–H and O–H groups in total. The fraction of sp³-hybridized carbons (Fsp3) is 0.312. The number of aliphatic hydroxyl groups excluding tert-OH is 1. The molecule has 1 amide bonds. The summed E-state index contributed by atoms with van der Waals surface area (Å²) in [7, 11) is 0. The molecule has 0 aliphatic heterocycles. The van der Waals surface area contributed by atoms with E-state index in [-0.39, 0.29) is 12.5 Å². The number of benzene rings is 1. The number of nitrogens with one attached hydrogen (secondary N) is 1. The highest BCUT2D eigenvalue weighted by Gasteiger charge is 2.09. The Bertz CT molecular complexity index is 593. The lowest BCUT2D eigenvalue weighted by molar-refractivity contribution is -0.116. The van der Waals surface area contributed by atoms with Crippen molar-refractivity contribution in [2.45, 2.75) is 32.4 Å². The highest BCUT2D eigenvalue weighted by atomic mass is 35.5. The van der Waals surface area contributed by atoms with Gasteiger partial charge < -0.3 is 15.0 Å². The minimum Gasteiger partial charge on any atom is -0.388 e. The van der Waals surface area contributed by atoms with Crippen molar-refractivity contribution >= 4 is 23.2 Å². The minimum absolute atomic E-state index is 0.121. The van der Waals surface area contributed by atoms with Crippen molar-refractivity contribution in [3.05, 3.63) is 53.3 Å². The Kier molecular flexibility index (Phi) is 5.42. The molecule has 1 unspecified atom stereocenters. The summed E-state index contributed by atoms with van der Waals surface area (Å²) in [6, 6.07) is 8.81. The van der Waals surface area contributed by atoms with Crippen LogP contribution in [0.4, 0.5) is 5.69 Å². The Hall–Kier alpha value is -1.78. The van der Waals surface area contributed by atoms with Crippen LogP contribution in [0, 0.1) is 0 Å². The normalized spacial score (nSPS) is 12.1. The number of hydrogen-bond donors (Lipinski definition) is 2. The van der Waals surface area contributed by atoms with E-state index in [9.17, 15) is 9.90 Å². The Morgan fingerprint density at radius 3 is 2.71 bits per heavy atom. The van der Waals surface area contributed by atoms with Crippen LogP contribution >= 0.6 is 11.6 Å². The molecule has 0 bridgehead atoms. The Balaban J connectivity index is 1.92. The number of carbonyl (C=O) groups is 1. The van der Waals surface area contributed by atoms with Crippen LogP contribution in [0.3, 0.4) is 0 Å². The first-order valence-corrected chi connectivity index (χ1v) is 7.35. The number of anilines is 1. The number of halogens is 1. The summed E-state index contributed by atoms with van der Waals surface area (Å²) in [6.45, 7) is 2.24. The standard InChI is InChI=1S/C16H19ClN2O2/c1-2-3-15(20)12-8-9-19(10-12)11-16(21)18-14-6-4-13(17)5-7-14/h4-10,15,20H,2-3,11H2,1H3,(H,18,21). The van der Waals surface area contributed by atoms with Crippen LogP contribution in [-0.2, 0) is 11.3 Å². The number of amides is 1. The molecule has 112 valence electrons. The van der Waals surface area contributed by atoms with Crippen LogP contribution in [0.1, 0.15) is 31.4 Å². The topological polar surface area (TPSA) is 54.3 Å². The van der Waals surface area contributed by atoms with E-state index in [4.69, 9.17) is 11.6 Å². The molecule has 21 heavy (non-hydrogen) atoms. The van der Waals surface area contributed by atoms with Gasteiger partial charge in [0.25, 0.3) is 0 Å². The second-order valence-electron chi connectivity index (χ2n) is 4.98. The van der Waals surface area contributed by atoms with Gasteiger partial charge in [-0.05, 0) is 42.3 Å². The van der Waals surface area contributed by atoms with Crippen molar-refractivity contribution in [3.63, 3.8) is 0 Å². The molecule has 2 aromatic rings. The molecule has 1 aromatic carbocycles. The first-order valence-electron chi connectivity index (χ1n) is 6.97. The molecule has 0 saturated heterocycles. The van der Waals surface area contributed by atoms with E-state index in [1.54, 1.807) is 35.0 Å². The molecular weight excluding hydrogens is 288 g/mol. The van der Waals surface area contributed by atoms with E-state index < -0.39 is 6.10 Å². The van der Waals surface area contributed by atoms with Gasteiger partial charge in [-0.15, -0.1) is 0 Å². The molecule has 0 radical (unpaired) electrons. The molecule has 1 aromatic heterocycles. The first kappa shape index (κ1) is 15.6. The van der Waals surface area contributed by atoms with Crippen LogP contribution < -0.4 is 5.32 Å². The Morgan fingerprint density at radius 2 is 2.05 bits per heavy atom. The molecule has 1 heterocycles. The van der Waals surface area contributed by atoms with Gasteiger partial charge in [0.05, 0.1) is 6.10 Å². The zero-order chi connectivity index (χ0) is 15.2. The number of hydrogen-bond acceptors (Lipinski definition) is 2. The van der Waals surface area contributed by atoms with Crippen molar-refractivity contribution in [1.82, 2.24) is 4.57 Å². The predicted octanol–water partition coefficient (Wildman–Crippen LogP) is 3.61. The smallest absolute Gasteiger partial charge is 0.244 e. The molecule has 5 heteroatoms. The van der Waals surface area contributed by atoms with Gasteiger partial charge in [0.15, 0.2) is 0 Å². The monoisotopic (exact) mass is 306 g/mol. The third kappa shape index (κ3) is 4.62. The molecule has 0 fully saturated rings. The van der Waals surface area contributed by atoms with Gasteiger partial charge in [-0.25, -0.2) is 0 Å². The third-order valence-electron chi connectivity index (χ3n) is 3.17. The summed E-state index contributed by atoms with van der Waals surface area (Å²) in [6.07, 6.45) is 4.79. The molecule has 4 nitrogen and oxygen atoms in total. The second-order valence-corrected chi connectivity index (χ2v) is 5.41. The van der Waals surface area contributed by atoms with Crippen LogP contribution in [0.5, 0.6) is 0 Å². The average molecular weight is 307 g/mol. The molecule has 0 spiro atoms. The molecule has 0 saturated carbocycles. The summed E-state index contributed by atoms with van der Waals surface area (Å²) in [5, 5.41) is 13.3. The van der Waals surface area contributed by atoms with Gasteiger partial charge in [0, 0.05) is 23.1 Å².